The third kappa shape index (κ3) is 2.56. The molecular formula is C11H13NO3. The van der Waals surface area contributed by atoms with E-state index in [1.807, 2.05) is 0 Å². The molecule has 4 heteroatoms. The number of allylic oxidation sites excluding steroid dienone is 1. The molecule has 1 heterocycles. The van der Waals surface area contributed by atoms with Crippen LogP contribution in [0, 0.1) is 0 Å². The minimum Gasteiger partial charge on any atom is -0.462 e. The molecule has 4 nitrogen and oxygen atoms in total. The fraction of sp³-hybridized carbons (Fsp3) is 0.273. The standard InChI is InChI=1S/C11H13NO3/c1-4-15-11(14)8-6-12-9(7(2)3)5-10(8)13/h5-6H,2,4H2,1,3H3,(H,12,13). The normalized spacial score (nSPS) is 9.73. The zero-order valence-corrected chi connectivity index (χ0v) is 8.79. The molecule has 0 aliphatic rings. The third-order valence-electron chi connectivity index (χ3n) is 1.87. The second-order valence-corrected chi connectivity index (χ2v) is 3.13. The van der Waals surface area contributed by atoms with Gasteiger partial charge in [-0.25, -0.2) is 4.79 Å². The van der Waals surface area contributed by atoms with Crippen LogP contribution in [0.1, 0.15) is 29.9 Å². The molecular weight excluding hydrogens is 194 g/mol. The summed E-state index contributed by atoms with van der Waals surface area (Å²) in [5.41, 5.74) is 1.02. The molecule has 0 atom stereocenters. The largest absolute Gasteiger partial charge is 0.462 e. The topological polar surface area (TPSA) is 59.2 Å². The van der Waals surface area contributed by atoms with Crippen LogP contribution < -0.4 is 5.43 Å². The Bertz CT molecular complexity index is 445. The molecule has 0 spiro atoms. The molecule has 1 aromatic rings. The van der Waals surface area contributed by atoms with Crippen molar-refractivity contribution in [2.75, 3.05) is 6.61 Å². The van der Waals surface area contributed by atoms with Gasteiger partial charge in [0.15, 0.2) is 5.43 Å². The molecule has 15 heavy (non-hydrogen) atoms. The van der Waals surface area contributed by atoms with Crippen molar-refractivity contribution in [3.63, 3.8) is 0 Å². The highest BCUT2D eigenvalue weighted by Crippen LogP contribution is 2.05. The molecule has 0 aliphatic heterocycles. The van der Waals surface area contributed by atoms with Crippen LogP contribution in [0.5, 0.6) is 0 Å². The molecule has 0 aliphatic carbocycles. The maximum absolute atomic E-state index is 11.5. The van der Waals surface area contributed by atoms with Gasteiger partial charge in [0.25, 0.3) is 0 Å². The van der Waals surface area contributed by atoms with Gasteiger partial charge in [-0.1, -0.05) is 6.58 Å². The lowest BCUT2D eigenvalue weighted by Crippen LogP contribution is -2.17. The number of hydrogen-bond donors (Lipinski definition) is 1. The average Bonchev–Trinajstić information content (AvgIpc) is 2.17. The molecule has 0 saturated heterocycles. The van der Waals surface area contributed by atoms with Gasteiger partial charge in [-0.15, -0.1) is 0 Å². The predicted octanol–water partition coefficient (Wildman–Crippen LogP) is 1.58. The number of aromatic amines is 1. The smallest absolute Gasteiger partial charge is 0.343 e. The molecule has 0 amide bonds. The summed E-state index contributed by atoms with van der Waals surface area (Å²) < 4.78 is 4.73. The molecule has 1 rings (SSSR count). The number of carbonyl (C=O) groups is 1. The number of aromatic nitrogens is 1. The van der Waals surface area contributed by atoms with Crippen molar-refractivity contribution in [1.29, 1.82) is 0 Å². The van der Waals surface area contributed by atoms with Crippen molar-refractivity contribution in [2.45, 2.75) is 13.8 Å². The van der Waals surface area contributed by atoms with E-state index >= 15 is 0 Å². The van der Waals surface area contributed by atoms with E-state index in [1.165, 1.54) is 12.3 Å². The number of nitrogens with one attached hydrogen (secondary N) is 1. The Labute approximate surface area is 87.6 Å². The summed E-state index contributed by atoms with van der Waals surface area (Å²) in [7, 11) is 0. The van der Waals surface area contributed by atoms with Crippen LogP contribution >= 0.6 is 0 Å². The number of hydrogen-bond acceptors (Lipinski definition) is 3. The number of ether oxygens (including phenoxy) is 1. The van der Waals surface area contributed by atoms with Gasteiger partial charge >= 0.3 is 5.97 Å². The summed E-state index contributed by atoms with van der Waals surface area (Å²) in [5.74, 6) is -0.605. The van der Waals surface area contributed by atoms with Crippen LogP contribution in [-0.4, -0.2) is 17.6 Å². The van der Waals surface area contributed by atoms with Crippen molar-refractivity contribution in [3.8, 4) is 0 Å². The number of pyridine rings is 1. The molecule has 0 unspecified atom stereocenters. The van der Waals surface area contributed by atoms with Crippen molar-refractivity contribution >= 4 is 11.5 Å². The molecule has 0 fully saturated rings. The second-order valence-electron chi connectivity index (χ2n) is 3.13. The second kappa shape index (κ2) is 4.59. The van der Waals surface area contributed by atoms with Crippen LogP contribution in [0.4, 0.5) is 0 Å². The minimum absolute atomic E-state index is 0.0156. The zero-order chi connectivity index (χ0) is 11.4. The lowest BCUT2D eigenvalue weighted by atomic mass is 10.2. The quantitative estimate of drug-likeness (QED) is 0.765. The average molecular weight is 207 g/mol. The maximum atomic E-state index is 11.5. The summed E-state index contributed by atoms with van der Waals surface area (Å²) >= 11 is 0. The van der Waals surface area contributed by atoms with E-state index in [0.717, 1.165) is 5.57 Å². The number of H-pyrrole nitrogens is 1. The molecule has 0 saturated carbocycles. The first kappa shape index (κ1) is 11.2. The Balaban J connectivity index is 3.09. The van der Waals surface area contributed by atoms with Crippen molar-refractivity contribution in [1.82, 2.24) is 4.98 Å². The fourth-order valence-corrected chi connectivity index (χ4v) is 1.09. The summed E-state index contributed by atoms with van der Waals surface area (Å²) in [6.07, 6.45) is 1.35. The van der Waals surface area contributed by atoms with Crippen LogP contribution in [-0.2, 0) is 4.74 Å². The zero-order valence-electron chi connectivity index (χ0n) is 8.79. The van der Waals surface area contributed by atoms with Gasteiger partial charge in [-0.2, -0.15) is 0 Å². The first-order chi connectivity index (χ1) is 7.06. The predicted molar refractivity (Wildman–Crippen MR) is 57.7 cm³/mol. The lowest BCUT2D eigenvalue weighted by Gasteiger charge is -2.03. The highest BCUT2D eigenvalue weighted by molar-refractivity contribution is 5.89. The molecule has 80 valence electrons. The van der Waals surface area contributed by atoms with E-state index in [9.17, 15) is 9.59 Å². The first-order valence-electron chi connectivity index (χ1n) is 4.62. The van der Waals surface area contributed by atoms with E-state index in [0.29, 0.717) is 5.69 Å². The number of esters is 1. The fourth-order valence-electron chi connectivity index (χ4n) is 1.09. The van der Waals surface area contributed by atoms with E-state index in [1.54, 1.807) is 13.8 Å². The van der Waals surface area contributed by atoms with Crippen molar-refractivity contribution in [2.24, 2.45) is 0 Å². The van der Waals surface area contributed by atoms with E-state index < -0.39 is 5.97 Å². The molecule has 1 N–H and O–H groups in total. The molecule has 1 aromatic heterocycles. The summed E-state index contributed by atoms with van der Waals surface area (Å²) in [6, 6.07) is 1.34. The van der Waals surface area contributed by atoms with E-state index in [2.05, 4.69) is 11.6 Å². The Kier molecular flexibility index (Phi) is 3.44. The summed E-state index contributed by atoms with van der Waals surface area (Å²) in [6.45, 7) is 7.40. The molecule has 0 aromatic carbocycles. The SMILES string of the molecule is C=C(C)c1cc(=O)c(C(=O)OCC)c[nH]1. The van der Waals surface area contributed by atoms with E-state index in [4.69, 9.17) is 4.74 Å². The number of carbonyl (C=O) groups excluding carboxylic acids is 1. The van der Waals surface area contributed by atoms with Gasteiger partial charge in [0, 0.05) is 18.0 Å². The van der Waals surface area contributed by atoms with Crippen LogP contribution in [0.2, 0.25) is 0 Å². The molecule has 0 bridgehead atoms. The first-order valence-corrected chi connectivity index (χ1v) is 4.62. The monoisotopic (exact) mass is 207 g/mol. The minimum atomic E-state index is -0.605. The van der Waals surface area contributed by atoms with Gasteiger partial charge in [-0.05, 0) is 19.4 Å². The highest BCUT2D eigenvalue weighted by Gasteiger charge is 2.11. The van der Waals surface area contributed by atoms with Crippen molar-refractivity contribution in [3.05, 3.63) is 40.3 Å². The Morgan fingerprint density at radius 3 is 2.73 bits per heavy atom. The van der Waals surface area contributed by atoms with Gasteiger partial charge in [0.1, 0.15) is 5.56 Å². The molecule has 0 radical (unpaired) electrons. The maximum Gasteiger partial charge on any atom is 0.343 e. The Hall–Kier alpha value is -1.84. The number of rotatable bonds is 3. The van der Waals surface area contributed by atoms with Crippen LogP contribution in [0.3, 0.4) is 0 Å². The summed E-state index contributed by atoms with van der Waals surface area (Å²) in [5, 5.41) is 0. The lowest BCUT2D eigenvalue weighted by molar-refractivity contribution is 0.0524. The Morgan fingerprint density at radius 1 is 1.60 bits per heavy atom. The summed E-state index contributed by atoms with van der Waals surface area (Å²) in [4.78, 5) is 25.6. The highest BCUT2D eigenvalue weighted by atomic mass is 16.5. The van der Waals surface area contributed by atoms with Gasteiger partial charge in [-0.3, -0.25) is 4.79 Å². The van der Waals surface area contributed by atoms with E-state index in [-0.39, 0.29) is 17.6 Å². The van der Waals surface area contributed by atoms with Gasteiger partial charge < -0.3 is 9.72 Å². The van der Waals surface area contributed by atoms with Crippen LogP contribution in [0.15, 0.2) is 23.6 Å². The Morgan fingerprint density at radius 2 is 2.27 bits per heavy atom. The van der Waals surface area contributed by atoms with Crippen LogP contribution in [0.25, 0.3) is 5.57 Å². The van der Waals surface area contributed by atoms with Gasteiger partial charge in [0.05, 0.1) is 6.61 Å². The van der Waals surface area contributed by atoms with Gasteiger partial charge in [0.2, 0.25) is 0 Å². The van der Waals surface area contributed by atoms with Crippen molar-refractivity contribution < 1.29 is 9.53 Å². The third-order valence-corrected chi connectivity index (χ3v) is 1.87.